The van der Waals surface area contributed by atoms with Gasteiger partial charge in [-0.1, -0.05) is 29.5 Å². The SMILES string of the molecule is Cc1nc(NC(=O)Cc2cccc3[nH]ncc23)sc1C(=O)NC(CNC(=O)c1cccs1)C(=O)OC1CCCC1. The van der Waals surface area contributed by atoms with Crippen molar-refractivity contribution in [3.63, 3.8) is 0 Å². The number of rotatable bonds is 10. The number of nitrogens with zero attached hydrogens (tertiary/aromatic N) is 2. The lowest BCUT2D eigenvalue weighted by Gasteiger charge is -2.20. The molecule has 208 valence electrons. The Labute approximate surface area is 237 Å². The number of anilines is 1. The number of aromatic nitrogens is 3. The fourth-order valence-corrected chi connectivity index (χ4v) is 6.07. The lowest BCUT2D eigenvalue weighted by atomic mass is 10.1. The molecule has 40 heavy (non-hydrogen) atoms. The predicted octanol–water partition coefficient (Wildman–Crippen LogP) is 3.58. The zero-order chi connectivity index (χ0) is 28.1. The van der Waals surface area contributed by atoms with Crippen molar-refractivity contribution in [2.75, 3.05) is 11.9 Å². The number of hydrogen-bond acceptors (Lipinski definition) is 9. The number of nitrogens with one attached hydrogen (secondary N) is 4. The van der Waals surface area contributed by atoms with E-state index in [-0.39, 0.29) is 40.9 Å². The van der Waals surface area contributed by atoms with Crippen LogP contribution < -0.4 is 16.0 Å². The van der Waals surface area contributed by atoms with E-state index in [0.717, 1.165) is 53.5 Å². The average Bonchev–Trinajstić information content (AvgIpc) is 3.74. The number of benzene rings is 1. The predicted molar refractivity (Wildman–Crippen MR) is 152 cm³/mol. The highest BCUT2D eigenvalue weighted by Crippen LogP contribution is 2.24. The first-order chi connectivity index (χ1) is 19.4. The number of carbonyl (C=O) groups is 4. The number of aromatic amines is 1. The number of esters is 1. The molecule has 1 aliphatic carbocycles. The second-order valence-corrected chi connectivity index (χ2v) is 11.4. The van der Waals surface area contributed by atoms with Crippen molar-refractivity contribution in [3.8, 4) is 0 Å². The highest BCUT2D eigenvalue weighted by Gasteiger charge is 2.29. The summed E-state index contributed by atoms with van der Waals surface area (Å²) >= 11 is 2.29. The third-order valence-corrected chi connectivity index (χ3v) is 8.50. The van der Waals surface area contributed by atoms with E-state index in [1.807, 2.05) is 18.2 Å². The Hall–Kier alpha value is -4.10. The fraction of sp³-hybridized carbons (Fsp3) is 0.333. The highest BCUT2D eigenvalue weighted by molar-refractivity contribution is 7.17. The van der Waals surface area contributed by atoms with Crippen LogP contribution in [0.5, 0.6) is 0 Å². The second kappa shape index (κ2) is 12.4. The highest BCUT2D eigenvalue weighted by atomic mass is 32.1. The van der Waals surface area contributed by atoms with Crippen LogP contribution in [-0.2, 0) is 20.7 Å². The molecule has 11 nitrogen and oxygen atoms in total. The van der Waals surface area contributed by atoms with E-state index in [4.69, 9.17) is 4.74 Å². The van der Waals surface area contributed by atoms with E-state index in [1.54, 1.807) is 30.6 Å². The Morgan fingerprint density at radius 3 is 2.73 bits per heavy atom. The molecule has 1 atom stereocenters. The minimum atomic E-state index is -1.09. The Morgan fingerprint density at radius 1 is 1.12 bits per heavy atom. The van der Waals surface area contributed by atoms with Crippen LogP contribution in [0.2, 0.25) is 0 Å². The summed E-state index contributed by atoms with van der Waals surface area (Å²) in [6.07, 6.45) is 5.10. The summed E-state index contributed by atoms with van der Waals surface area (Å²) in [7, 11) is 0. The standard InChI is InChI=1S/C27H28N6O5S2/c1-15-23(40-27(30-15)32-22(34)12-16-6-4-9-19-18(16)13-29-33-19)25(36)31-20(26(37)38-17-7-2-3-8-17)14-28-24(35)21-10-5-11-39-21/h4-6,9-11,13,17,20H,2-3,7-8,12,14H2,1H3,(H,28,35)(H,29,33)(H,31,36)(H,30,32,34). The number of fused-ring (bicyclic) bond motifs is 1. The van der Waals surface area contributed by atoms with Crippen molar-refractivity contribution in [1.82, 2.24) is 25.8 Å². The van der Waals surface area contributed by atoms with Gasteiger partial charge < -0.3 is 20.7 Å². The van der Waals surface area contributed by atoms with E-state index in [1.165, 1.54) is 11.3 Å². The van der Waals surface area contributed by atoms with E-state index < -0.39 is 17.9 Å². The Kier molecular flexibility index (Phi) is 8.51. The van der Waals surface area contributed by atoms with Crippen LogP contribution in [0.25, 0.3) is 10.9 Å². The fourth-order valence-electron chi connectivity index (χ4n) is 4.54. The van der Waals surface area contributed by atoms with Gasteiger partial charge in [-0.15, -0.1) is 11.3 Å². The second-order valence-electron chi connectivity index (χ2n) is 9.46. The number of hydrogen-bond donors (Lipinski definition) is 4. The molecule has 0 spiro atoms. The Morgan fingerprint density at radius 2 is 1.95 bits per heavy atom. The van der Waals surface area contributed by atoms with Gasteiger partial charge in [0.2, 0.25) is 5.91 Å². The quantitative estimate of drug-likeness (QED) is 0.209. The van der Waals surface area contributed by atoms with Crippen molar-refractivity contribution in [3.05, 3.63) is 62.9 Å². The minimum Gasteiger partial charge on any atom is -0.461 e. The zero-order valence-electron chi connectivity index (χ0n) is 21.7. The van der Waals surface area contributed by atoms with Crippen molar-refractivity contribution >= 4 is 62.4 Å². The molecular weight excluding hydrogens is 552 g/mol. The van der Waals surface area contributed by atoms with Crippen LogP contribution in [0.1, 0.15) is 56.3 Å². The lowest BCUT2D eigenvalue weighted by molar-refractivity contribution is -0.150. The summed E-state index contributed by atoms with van der Waals surface area (Å²) < 4.78 is 5.62. The third kappa shape index (κ3) is 6.54. The number of H-pyrrole nitrogens is 1. The first-order valence-electron chi connectivity index (χ1n) is 12.9. The maximum atomic E-state index is 13.2. The zero-order valence-corrected chi connectivity index (χ0v) is 23.3. The molecule has 1 aliphatic rings. The third-order valence-electron chi connectivity index (χ3n) is 6.56. The van der Waals surface area contributed by atoms with E-state index in [9.17, 15) is 19.2 Å². The molecule has 3 aromatic heterocycles. The number of carbonyl (C=O) groups excluding carboxylic acids is 4. The van der Waals surface area contributed by atoms with E-state index >= 15 is 0 Å². The van der Waals surface area contributed by atoms with Crippen molar-refractivity contribution in [2.45, 2.75) is 51.2 Å². The van der Waals surface area contributed by atoms with Gasteiger partial charge in [-0.3, -0.25) is 19.5 Å². The number of aryl methyl sites for hydroxylation is 1. The molecule has 0 saturated heterocycles. The largest absolute Gasteiger partial charge is 0.461 e. The van der Waals surface area contributed by atoms with Crippen LogP contribution >= 0.6 is 22.7 Å². The molecule has 3 amide bonds. The number of thiophene rings is 1. The Balaban J connectivity index is 1.24. The summed E-state index contributed by atoms with van der Waals surface area (Å²) in [5.41, 5.74) is 2.05. The summed E-state index contributed by atoms with van der Waals surface area (Å²) in [6.45, 7) is 1.52. The first kappa shape index (κ1) is 27.5. The molecule has 0 radical (unpaired) electrons. The van der Waals surface area contributed by atoms with Gasteiger partial charge in [0.1, 0.15) is 17.0 Å². The number of ether oxygens (including phenoxy) is 1. The average molecular weight is 581 g/mol. The molecule has 1 aromatic carbocycles. The molecule has 1 unspecified atom stereocenters. The number of thiazole rings is 1. The molecule has 4 aromatic rings. The monoisotopic (exact) mass is 580 g/mol. The van der Waals surface area contributed by atoms with Gasteiger partial charge in [0.05, 0.1) is 28.7 Å². The Bertz CT molecular complexity index is 1520. The van der Waals surface area contributed by atoms with Crippen molar-refractivity contribution in [2.24, 2.45) is 0 Å². The summed E-state index contributed by atoms with van der Waals surface area (Å²) in [6, 6.07) is 7.92. The van der Waals surface area contributed by atoms with Gasteiger partial charge in [0.25, 0.3) is 11.8 Å². The van der Waals surface area contributed by atoms with Gasteiger partial charge in [0.15, 0.2) is 5.13 Å². The van der Waals surface area contributed by atoms with Gasteiger partial charge >= 0.3 is 5.97 Å². The first-order valence-corrected chi connectivity index (χ1v) is 14.6. The number of amides is 3. The molecule has 0 bridgehead atoms. The molecule has 0 aliphatic heterocycles. The van der Waals surface area contributed by atoms with Crippen LogP contribution in [0.3, 0.4) is 0 Å². The molecule has 4 N–H and O–H groups in total. The van der Waals surface area contributed by atoms with Crippen molar-refractivity contribution < 1.29 is 23.9 Å². The molecule has 5 rings (SSSR count). The van der Waals surface area contributed by atoms with Crippen LogP contribution in [0.15, 0.2) is 41.9 Å². The minimum absolute atomic E-state index is 0.107. The normalized spacial score (nSPS) is 14.1. The van der Waals surface area contributed by atoms with Gasteiger partial charge in [-0.2, -0.15) is 5.10 Å². The topological polar surface area (TPSA) is 155 Å². The van der Waals surface area contributed by atoms with Crippen LogP contribution in [-0.4, -0.2) is 57.6 Å². The molecule has 3 heterocycles. The van der Waals surface area contributed by atoms with E-state index in [2.05, 4.69) is 31.1 Å². The smallest absolute Gasteiger partial charge is 0.330 e. The molecule has 1 saturated carbocycles. The van der Waals surface area contributed by atoms with Gasteiger partial charge in [0, 0.05) is 11.9 Å². The lowest BCUT2D eigenvalue weighted by Crippen LogP contribution is -2.49. The maximum Gasteiger partial charge on any atom is 0.330 e. The molecular formula is C27H28N6O5S2. The summed E-state index contributed by atoms with van der Waals surface area (Å²) in [4.78, 5) is 56.5. The summed E-state index contributed by atoms with van der Waals surface area (Å²) in [5.74, 6) is -1.77. The van der Waals surface area contributed by atoms with Crippen LogP contribution in [0.4, 0.5) is 5.13 Å². The molecule has 13 heteroatoms. The van der Waals surface area contributed by atoms with Crippen LogP contribution in [0, 0.1) is 6.92 Å². The van der Waals surface area contributed by atoms with Crippen molar-refractivity contribution in [1.29, 1.82) is 0 Å². The van der Waals surface area contributed by atoms with Gasteiger partial charge in [-0.25, -0.2) is 9.78 Å². The molecule has 1 fully saturated rings. The maximum absolute atomic E-state index is 13.2. The van der Waals surface area contributed by atoms with E-state index in [0.29, 0.717) is 10.6 Å². The summed E-state index contributed by atoms with van der Waals surface area (Å²) in [5, 5.41) is 18.0. The van der Waals surface area contributed by atoms with Gasteiger partial charge in [-0.05, 0) is 55.7 Å².